The van der Waals surface area contributed by atoms with E-state index >= 15 is 0 Å². The lowest BCUT2D eigenvalue weighted by molar-refractivity contribution is 0.0925. The predicted octanol–water partition coefficient (Wildman–Crippen LogP) is 1.58. The van der Waals surface area contributed by atoms with Gasteiger partial charge in [-0.1, -0.05) is 0 Å². The van der Waals surface area contributed by atoms with E-state index in [1.807, 2.05) is 18.2 Å². The Balaban J connectivity index is 1.74. The summed E-state index contributed by atoms with van der Waals surface area (Å²) < 4.78 is 10.5. The number of benzene rings is 1. The van der Waals surface area contributed by atoms with Gasteiger partial charge >= 0.3 is 0 Å². The van der Waals surface area contributed by atoms with Crippen LogP contribution in [0.15, 0.2) is 24.3 Å². The van der Waals surface area contributed by atoms with Crippen LogP contribution in [0, 0.1) is 0 Å². The number of H-pyrrole nitrogens is 1. The molecule has 0 spiro atoms. The van der Waals surface area contributed by atoms with Gasteiger partial charge in [-0.3, -0.25) is 9.89 Å². The van der Waals surface area contributed by atoms with Crippen molar-refractivity contribution in [3.63, 3.8) is 0 Å². The minimum atomic E-state index is -0.136. The summed E-state index contributed by atoms with van der Waals surface area (Å²) in [7, 11) is 3.18. The van der Waals surface area contributed by atoms with Crippen LogP contribution in [0.3, 0.4) is 0 Å². The molecule has 0 radical (unpaired) electrons. The summed E-state index contributed by atoms with van der Waals surface area (Å²) in [4.78, 5) is 12.3. The minimum Gasteiger partial charge on any atom is -0.493 e. The van der Waals surface area contributed by atoms with Crippen molar-refractivity contribution in [3.05, 3.63) is 30.0 Å². The van der Waals surface area contributed by atoms with E-state index in [9.17, 15) is 4.79 Å². The van der Waals surface area contributed by atoms with Crippen molar-refractivity contribution < 1.29 is 14.3 Å². The van der Waals surface area contributed by atoms with Crippen molar-refractivity contribution in [3.8, 4) is 22.8 Å². The van der Waals surface area contributed by atoms with Crippen molar-refractivity contribution >= 4 is 5.91 Å². The summed E-state index contributed by atoms with van der Waals surface area (Å²) in [5.41, 5.74) is 1.98. The predicted molar refractivity (Wildman–Crippen MR) is 90.5 cm³/mol. The number of methoxy groups -OCH3 is 2. The monoisotopic (exact) mass is 330 g/mol. The van der Waals surface area contributed by atoms with E-state index in [0.29, 0.717) is 22.9 Å². The molecule has 1 aliphatic rings. The molecule has 1 aliphatic heterocycles. The molecular weight excluding hydrogens is 308 g/mol. The Morgan fingerprint density at radius 2 is 2.08 bits per heavy atom. The van der Waals surface area contributed by atoms with E-state index < -0.39 is 0 Å². The summed E-state index contributed by atoms with van der Waals surface area (Å²) in [6.45, 7) is 1.82. The molecule has 0 bridgehead atoms. The maximum atomic E-state index is 12.3. The summed E-state index contributed by atoms with van der Waals surface area (Å²) in [6, 6.07) is 7.44. The maximum absolute atomic E-state index is 12.3. The molecule has 1 amide bonds. The quantitative estimate of drug-likeness (QED) is 0.774. The van der Waals surface area contributed by atoms with Gasteiger partial charge in [0, 0.05) is 18.2 Å². The van der Waals surface area contributed by atoms with Crippen LogP contribution in [0.4, 0.5) is 0 Å². The molecule has 3 rings (SSSR count). The topological polar surface area (TPSA) is 88.3 Å². The van der Waals surface area contributed by atoms with E-state index in [4.69, 9.17) is 9.47 Å². The van der Waals surface area contributed by atoms with Gasteiger partial charge in [0.1, 0.15) is 5.69 Å². The Kier molecular flexibility index (Phi) is 5.00. The smallest absolute Gasteiger partial charge is 0.269 e. The number of hydrogen-bond donors (Lipinski definition) is 3. The van der Waals surface area contributed by atoms with Crippen molar-refractivity contribution in [2.45, 2.75) is 18.9 Å². The van der Waals surface area contributed by atoms with Crippen molar-refractivity contribution in [2.75, 3.05) is 27.3 Å². The van der Waals surface area contributed by atoms with Gasteiger partial charge in [0.15, 0.2) is 11.5 Å². The number of aromatic nitrogens is 2. The molecule has 7 nitrogen and oxygen atoms in total. The number of amides is 1. The van der Waals surface area contributed by atoms with Gasteiger partial charge in [-0.15, -0.1) is 0 Å². The van der Waals surface area contributed by atoms with Crippen molar-refractivity contribution in [2.24, 2.45) is 0 Å². The van der Waals surface area contributed by atoms with Crippen LogP contribution in [0.25, 0.3) is 11.3 Å². The van der Waals surface area contributed by atoms with Crippen molar-refractivity contribution in [1.82, 2.24) is 20.8 Å². The first-order chi connectivity index (χ1) is 11.7. The second-order valence-electron chi connectivity index (χ2n) is 5.75. The van der Waals surface area contributed by atoms with E-state index in [1.165, 1.54) is 0 Å². The van der Waals surface area contributed by atoms with Gasteiger partial charge in [-0.2, -0.15) is 5.10 Å². The largest absolute Gasteiger partial charge is 0.493 e. The number of carbonyl (C=O) groups is 1. The first-order valence-corrected chi connectivity index (χ1v) is 8.00. The number of rotatable bonds is 5. The fraction of sp³-hybridized carbons (Fsp3) is 0.412. The third-order valence-corrected chi connectivity index (χ3v) is 4.13. The minimum absolute atomic E-state index is 0.136. The molecule has 1 fully saturated rings. The lowest BCUT2D eigenvalue weighted by atomic mass is 10.1. The molecule has 0 unspecified atom stereocenters. The van der Waals surface area contributed by atoms with Gasteiger partial charge in [-0.25, -0.2) is 0 Å². The first kappa shape index (κ1) is 16.3. The number of hydrogen-bond acceptors (Lipinski definition) is 5. The molecule has 24 heavy (non-hydrogen) atoms. The molecule has 7 heteroatoms. The maximum Gasteiger partial charge on any atom is 0.269 e. The number of carbonyl (C=O) groups excluding carboxylic acids is 1. The lowest BCUT2D eigenvalue weighted by Crippen LogP contribution is -2.45. The average Bonchev–Trinajstić information content (AvgIpc) is 3.12. The number of aromatic amines is 1. The van der Waals surface area contributed by atoms with Gasteiger partial charge < -0.3 is 20.1 Å². The second-order valence-corrected chi connectivity index (χ2v) is 5.75. The van der Waals surface area contributed by atoms with E-state index in [-0.39, 0.29) is 11.9 Å². The highest BCUT2D eigenvalue weighted by molar-refractivity contribution is 5.93. The molecule has 1 aromatic carbocycles. The molecule has 3 N–H and O–H groups in total. The van der Waals surface area contributed by atoms with Gasteiger partial charge in [0.25, 0.3) is 5.91 Å². The summed E-state index contributed by atoms with van der Waals surface area (Å²) in [5, 5.41) is 13.3. The summed E-state index contributed by atoms with van der Waals surface area (Å²) >= 11 is 0. The molecule has 1 atom stereocenters. The highest BCUT2D eigenvalue weighted by Gasteiger charge is 2.18. The van der Waals surface area contributed by atoms with Gasteiger partial charge in [0.2, 0.25) is 0 Å². The van der Waals surface area contributed by atoms with E-state index in [0.717, 1.165) is 31.5 Å². The highest BCUT2D eigenvalue weighted by Crippen LogP contribution is 2.31. The number of nitrogens with zero attached hydrogens (tertiary/aromatic N) is 1. The Bertz CT molecular complexity index is 708. The Morgan fingerprint density at radius 1 is 1.25 bits per heavy atom. The Labute approximate surface area is 140 Å². The molecular formula is C17H22N4O3. The molecule has 128 valence electrons. The van der Waals surface area contributed by atoms with Crippen LogP contribution in [-0.2, 0) is 0 Å². The standard InChI is InChI=1S/C17H22N4O3/c1-23-15-6-5-11(8-16(15)24-2)13-9-14(21-20-13)17(22)19-12-4-3-7-18-10-12/h5-6,8-9,12,18H,3-4,7,10H2,1-2H3,(H,19,22)(H,20,21)/t12-/m0/s1. The molecule has 2 aromatic rings. The number of ether oxygens (including phenoxy) is 2. The Morgan fingerprint density at radius 3 is 2.79 bits per heavy atom. The van der Waals surface area contributed by atoms with Crippen LogP contribution >= 0.6 is 0 Å². The number of nitrogens with one attached hydrogen (secondary N) is 3. The van der Waals surface area contributed by atoms with Crippen LogP contribution in [0.1, 0.15) is 23.3 Å². The summed E-state index contributed by atoms with van der Waals surface area (Å²) in [5.74, 6) is 1.14. The molecule has 0 aliphatic carbocycles. The van der Waals surface area contributed by atoms with Gasteiger partial charge in [-0.05, 0) is 43.7 Å². The zero-order valence-corrected chi connectivity index (χ0v) is 13.9. The number of piperidine rings is 1. The zero-order valence-electron chi connectivity index (χ0n) is 13.9. The second kappa shape index (κ2) is 7.35. The van der Waals surface area contributed by atoms with Crippen LogP contribution in [-0.4, -0.2) is 49.5 Å². The average molecular weight is 330 g/mol. The molecule has 0 saturated carbocycles. The molecule has 2 heterocycles. The SMILES string of the molecule is COc1ccc(-c2cc(C(=O)N[C@H]3CCCNC3)[nH]n2)cc1OC. The zero-order chi connectivity index (χ0) is 16.9. The first-order valence-electron chi connectivity index (χ1n) is 8.00. The van der Waals surface area contributed by atoms with Crippen LogP contribution in [0.2, 0.25) is 0 Å². The molecule has 1 aromatic heterocycles. The fourth-order valence-corrected chi connectivity index (χ4v) is 2.82. The van der Waals surface area contributed by atoms with E-state index in [2.05, 4.69) is 20.8 Å². The normalized spacial score (nSPS) is 17.3. The Hall–Kier alpha value is -2.54. The summed E-state index contributed by atoms with van der Waals surface area (Å²) in [6.07, 6.45) is 2.07. The fourth-order valence-electron chi connectivity index (χ4n) is 2.82. The molecule has 1 saturated heterocycles. The van der Waals surface area contributed by atoms with Crippen LogP contribution < -0.4 is 20.1 Å². The van der Waals surface area contributed by atoms with E-state index in [1.54, 1.807) is 20.3 Å². The van der Waals surface area contributed by atoms with Crippen molar-refractivity contribution in [1.29, 1.82) is 0 Å². The highest BCUT2D eigenvalue weighted by atomic mass is 16.5. The lowest BCUT2D eigenvalue weighted by Gasteiger charge is -2.23. The third-order valence-electron chi connectivity index (χ3n) is 4.13. The van der Waals surface area contributed by atoms with Crippen LogP contribution in [0.5, 0.6) is 11.5 Å². The third kappa shape index (κ3) is 3.51. The van der Waals surface area contributed by atoms with Gasteiger partial charge in [0.05, 0.1) is 19.9 Å².